The predicted octanol–water partition coefficient (Wildman–Crippen LogP) is 3.74. The molecule has 1 rings (SSSR count). The molecule has 2 N–H and O–H groups in total. The van der Waals surface area contributed by atoms with Crippen molar-refractivity contribution in [2.45, 2.75) is 31.7 Å². The standard InChI is InChI=1S/C17H24N2/c1-3-5-6-7-13-19-17-10-8-9-15(14-18)11-12-16(17)4-2/h3-4,8-9,11-13,17H,1-2,5-7,10,14,18H2/b9-8+,15-11+,16-12?,19-13?. The third-order valence-corrected chi connectivity index (χ3v) is 3.06. The molecule has 0 bridgehead atoms. The summed E-state index contributed by atoms with van der Waals surface area (Å²) in [5.41, 5.74) is 7.94. The lowest BCUT2D eigenvalue weighted by molar-refractivity contribution is 0.796. The quantitative estimate of drug-likeness (QED) is 0.420. The minimum atomic E-state index is 0.174. The molecule has 1 aliphatic carbocycles. The van der Waals surface area contributed by atoms with Gasteiger partial charge in [0, 0.05) is 6.54 Å². The van der Waals surface area contributed by atoms with Crippen LogP contribution in [-0.2, 0) is 0 Å². The van der Waals surface area contributed by atoms with Gasteiger partial charge in [-0.05, 0) is 43.0 Å². The van der Waals surface area contributed by atoms with Crippen LogP contribution < -0.4 is 5.73 Å². The van der Waals surface area contributed by atoms with E-state index in [0.717, 1.165) is 36.8 Å². The molecule has 102 valence electrons. The zero-order valence-electron chi connectivity index (χ0n) is 11.6. The van der Waals surface area contributed by atoms with E-state index in [2.05, 4.69) is 36.4 Å². The van der Waals surface area contributed by atoms with Crippen LogP contribution >= 0.6 is 0 Å². The second-order valence-corrected chi connectivity index (χ2v) is 4.52. The zero-order valence-corrected chi connectivity index (χ0v) is 11.6. The molecule has 2 heteroatoms. The van der Waals surface area contributed by atoms with Crippen LogP contribution in [0.2, 0.25) is 0 Å². The minimum absolute atomic E-state index is 0.174. The van der Waals surface area contributed by atoms with E-state index in [1.165, 1.54) is 0 Å². The van der Waals surface area contributed by atoms with Crippen LogP contribution in [0.5, 0.6) is 0 Å². The van der Waals surface area contributed by atoms with Crippen molar-refractivity contribution in [3.05, 3.63) is 60.8 Å². The van der Waals surface area contributed by atoms with Crippen molar-refractivity contribution in [1.29, 1.82) is 0 Å². The van der Waals surface area contributed by atoms with Crippen molar-refractivity contribution in [1.82, 2.24) is 0 Å². The lowest BCUT2D eigenvalue weighted by Gasteiger charge is -2.13. The summed E-state index contributed by atoms with van der Waals surface area (Å²) in [4.78, 5) is 4.65. The lowest BCUT2D eigenvalue weighted by Crippen LogP contribution is -2.08. The molecule has 0 aromatic heterocycles. The highest BCUT2D eigenvalue weighted by molar-refractivity contribution is 5.58. The van der Waals surface area contributed by atoms with Gasteiger partial charge in [-0.1, -0.05) is 43.0 Å². The van der Waals surface area contributed by atoms with Crippen LogP contribution in [0.15, 0.2) is 65.8 Å². The Kier molecular flexibility index (Phi) is 7.52. The van der Waals surface area contributed by atoms with Crippen molar-refractivity contribution in [3.63, 3.8) is 0 Å². The van der Waals surface area contributed by atoms with Gasteiger partial charge in [0.15, 0.2) is 0 Å². The minimum Gasteiger partial charge on any atom is -0.326 e. The molecule has 0 spiro atoms. The fraction of sp³-hybridized carbons (Fsp3) is 0.353. The molecular formula is C17H24N2. The number of aliphatic imine (C=N–C) groups is 1. The number of hydrogen-bond donors (Lipinski definition) is 1. The SMILES string of the molecule is C=CCCCC=NC1C/C=C/C(CN)=C\C=C1C=C. The van der Waals surface area contributed by atoms with Gasteiger partial charge in [0.1, 0.15) is 0 Å². The Hall–Kier alpha value is -1.67. The molecular weight excluding hydrogens is 232 g/mol. The second-order valence-electron chi connectivity index (χ2n) is 4.52. The van der Waals surface area contributed by atoms with Crippen LogP contribution in [-0.4, -0.2) is 18.8 Å². The van der Waals surface area contributed by atoms with Gasteiger partial charge in [0.2, 0.25) is 0 Å². The van der Waals surface area contributed by atoms with Crippen LogP contribution in [0, 0.1) is 0 Å². The Bertz CT molecular complexity index is 411. The van der Waals surface area contributed by atoms with Gasteiger partial charge in [-0.25, -0.2) is 0 Å². The summed E-state index contributed by atoms with van der Waals surface area (Å²) < 4.78 is 0. The molecule has 0 saturated heterocycles. The fourth-order valence-electron chi connectivity index (χ4n) is 1.90. The molecule has 19 heavy (non-hydrogen) atoms. The van der Waals surface area contributed by atoms with Crippen molar-refractivity contribution in [2.75, 3.05) is 6.54 Å². The highest BCUT2D eigenvalue weighted by Gasteiger charge is 2.08. The van der Waals surface area contributed by atoms with Gasteiger partial charge in [-0.3, -0.25) is 4.99 Å². The van der Waals surface area contributed by atoms with Crippen molar-refractivity contribution >= 4 is 6.21 Å². The number of nitrogens with two attached hydrogens (primary N) is 1. The Morgan fingerprint density at radius 1 is 1.32 bits per heavy atom. The molecule has 0 radical (unpaired) electrons. The van der Waals surface area contributed by atoms with E-state index in [-0.39, 0.29) is 6.04 Å². The van der Waals surface area contributed by atoms with Gasteiger partial charge in [-0.15, -0.1) is 6.58 Å². The Balaban J connectivity index is 2.68. The third-order valence-electron chi connectivity index (χ3n) is 3.06. The summed E-state index contributed by atoms with van der Waals surface area (Å²) in [6.45, 7) is 8.16. The highest BCUT2D eigenvalue weighted by Crippen LogP contribution is 2.17. The average molecular weight is 256 g/mol. The van der Waals surface area contributed by atoms with Gasteiger partial charge in [0.05, 0.1) is 6.04 Å². The summed E-state index contributed by atoms with van der Waals surface area (Å²) >= 11 is 0. The van der Waals surface area contributed by atoms with E-state index in [0.29, 0.717) is 6.54 Å². The van der Waals surface area contributed by atoms with E-state index >= 15 is 0 Å². The molecule has 0 aliphatic heterocycles. The van der Waals surface area contributed by atoms with Gasteiger partial charge in [0.25, 0.3) is 0 Å². The van der Waals surface area contributed by atoms with Gasteiger partial charge >= 0.3 is 0 Å². The number of unbranched alkanes of at least 4 members (excludes halogenated alkanes) is 2. The third kappa shape index (κ3) is 5.66. The molecule has 0 saturated carbocycles. The monoisotopic (exact) mass is 256 g/mol. The first kappa shape index (κ1) is 15.4. The van der Waals surface area contributed by atoms with Crippen molar-refractivity contribution < 1.29 is 0 Å². The van der Waals surface area contributed by atoms with Crippen LogP contribution in [0.25, 0.3) is 0 Å². The Labute approximate surface area is 116 Å². The molecule has 0 aromatic carbocycles. The maximum atomic E-state index is 5.66. The van der Waals surface area contributed by atoms with E-state index < -0.39 is 0 Å². The van der Waals surface area contributed by atoms with Gasteiger partial charge in [-0.2, -0.15) is 0 Å². The first-order valence-electron chi connectivity index (χ1n) is 6.84. The number of nitrogens with zero attached hydrogens (tertiary/aromatic N) is 1. The molecule has 2 nitrogen and oxygen atoms in total. The zero-order chi connectivity index (χ0) is 13.9. The summed E-state index contributed by atoms with van der Waals surface area (Å²) in [6.07, 6.45) is 18.2. The average Bonchev–Trinajstić information content (AvgIpc) is 2.41. The number of allylic oxidation sites excluding steroid dienone is 3. The van der Waals surface area contributed by atoms with E-state index in [1.807, 2.05) is 24.4 Å². The summed E-state index contributed by atoms with van der Waals surface area (Å²) in [6, 6.07) is 0.174. The lowest BCUT2D eigenvalue weighted by atomic mass is 10.00. The van der Waals surface area contributed by atoms with Crippen molar-refractivity contribution in [2.24, 2.45) is 10.7 Å². The molecule has 1 atom stereocenters. The van der Waals surface area contributed by atoms with E-state index in [4.69, 9.17) is 5.73 Å². The first-order chi connectivity index (χ1) is 9.31. The summed E-state index contributed by atoms with van der Waals surface area (Å²) in [5.74, 6) is 0. The number of hydrogen-bond acceptors (Lipinski definition) is 2. The normalized spacial score (nSPS) is 23.9. The molecule has 0 heterocycles. The summed E-state index contributed by atoms with van der Waals surface area (Å²) in [7, 11) is 0. The van der Waals surface area contributed by atoms with Crippen LogP contribution in [0.1, 0.15) is 25.7 Å². The molecule has 1 unspecified atom stereocenters. The maximum Gasteiger partial charge on any atom is 0.0779 e. The Morgan fingerprint density at radius 2 is 2.16 bits per heavy atom. The van der Waals surface area contributed by atoms with Crippen molar-refractivity contribution in [3.8, 4) is 0 Å². The highest BCUT2D eigenvalue weighted by atomic mass is 14.8. The summed E-state index contributed by atoms with van der Waals surface area (Å²) in [5, 5.41) is 0. The molecule has 0 fully saturated rings. The maximum absolute atomic E-state index is 5.66. The topological polar surface area (TPSA) is 38.4 Å². The fourth-order valence-corrected chi connectivity index (χ4v) is 1.90. The van der Waals surface area contributed by atoms with E-state index in [1.54, 1.807) is 0 Å². The van der Waals surface area contributed by atoms with Gasteiger partial charge < -0.3 is 5.73 Å². The molecule has 0 aromatic rings. The number of rotatable bonds is 7. The smallest absolute Gasteiger partial charge is 0.0779 e. The van der Waals surface area contributed by atoms with E-state index in [9.17, 15) is 0 Å². The molecule has 1 aliphatic rings. The largest absolute Gasteiger partial charge is 0.326 e. The predicted molar refractivity (Wildman–Crippen MR) is 85.5 cm³/mol. The first-order valence-corrected chi connectivity index (χ1v) is 6.84. The Morgan fingerprint density at radius 3 is 2.84 bits per heavy atom. The van der Waals surface area contributed by atoms with Crippen LogP contribution in [0.4, 0.5) is 0 Å². The molecule has 0 amide bonds. The van der Waals surface area contributed by atoms with Crippen LogP contribution in [0.3, 0.4) is 0 Å². The second kappa shape index (κ2) is 9.29.